The van der Waals surface area contributed by atoms with E-state index in [0.29, 0.717) is 17.9 Å². The molecule has 1 aromatic carbocycles. The molecule has 31 heavy (non-hydrogen) atoms. The molecule has 0 unspecified atom stereocenters. The van der Waals surface area contributed by atoms with Gasteiger partial charge < -0.3 is 14.4 Å². The van der Waals surface area contributed by atoms with Gasteiger partial charge in [-0.25, -0.2) is 0 Å². The van der Waals surface area contributed by atoms with Gasteiger partial charge >= 0.3 is 0 Å². The Morgan fingerprint density at radius 1 is 1.23 bits per heavy atom. The van der Waals surface area contributed by atoms with Gasteiger partial charge in [-0.15, -0.1) is 6.58 Å². The number of pyridine rings is 1. The van der Waals surface area contributed by atoms with Gasteiger partial charge in [0.1, 0.15) is 11.9 Å². The van der Waals surface area contributed by atoms with E-state index in [-0.39, 0.29) is 6.10 Å². The molecule has 0 spiro atoms. The summed E-state index contributed by atoms with van der Waals surface area (Å²) in [6.07, 6.45) is 13.7. The lowest BCUT2D eigenvalue weighted by Gasteiger charge is -2.37. The maximum absolute atomic E-state index is 6.19. The monoisotopic (exact) mass is 422 g/mol. The summed E-state index contributed by atoms with van der Waals surface area (Å²) in [7, 11) is 1.71. The van der Waals surface area contributed by atoms with Crippen molar-refractivity contribution in [2.24, 2.45) is 11.8 Å². The van der Waals surface area contributed by atoms with Crippen molar-refractivity contribution in [2.75, 3.05) is 26.7 Å². The second-order valence-electron chi connectivity index (χ2n) is 9.28. The molecule has 0 aliphatic carbocycles. The van der Waals surface area contributed by atoms with Crippen molar-refractivity contribution in [1.82, 2.24) is 9.88 Å². The topological polar surface area (TPSA) is 37.9 Å². The number of hydrogen-bond acceptors (Lipinski definition) is 4. The van der Waals surface area contributed by atoms with E-state index in [4.69, 9.17) is 9.47 Å². The summed E-state index contributed by atoms with van der Waals surface area (Å²) in [6, 6.07) is 8.19. The van der Waals surface area contributed by atoms with Crippen molar-refractivity contribution >= 4 is 10.9 Å². The Kier molecular flexibility index (Phi) is 7.62. The second-order valence-corrected chi connectivity index (χ2v) is 9.28. The molecule has 4 nitrogen and oxygen atoms in total. The van der Waals surface area contributed by atoms with Crippen LogP contribution in [0, 0.1) is 11.8 Å². The van der Waals surface area contributed by atoms with E-state index in [1.54, 1.807) is 7.11 Å². The highest BCUT2D eigenvalue weighted by molar-refractivity contribution is 5.84. The van der Waals surface area contributed by atoms with Gasteiger partial charge in [-0.2, -0.15) is 0 Å². The minimum atomic E-state index is 0.180. The van der Waals surface area contributed by atoms with Gasteiger partial charge in [0.2, 0.25) is 0 Å². The fraction of sp³-hybridized carbons (Fsp3) is 0.593. The van der Waals surface area contributed by atoms with Crippen LogP contribution >= 0.6 is 0 Å². The highest BCUT2D eigenvalue weighted by atomic mass is 16.6. The maximum atomic E-state index is 6.19. The quantitative estimate of drug-likeness (QED) is 0.247. The number of aromatic nitrogens is 1. The Labute approximate surface area is 187 Å². The van der Waals surface area contributed by atoms with Crippen molar-refractivity contribution in [3.63, 3.8) is 0 Å². The molecule has 2 fully saturated rings. The van der Waals surface area contributed by atoms with Crippen LogP contribution in [0.5, 0.6) is 5.75 Å². The molecule has 4 atom stereocenters. The van der Waals surface area contributed by atoms with E-state index < -0.39 is 0 Å². The van der Waals surface area contributed by atoms with Gasteiger partial charge in [0.25, 0.3) is 0 Å². The standard InChI is InChI=1S/C27H38N2O2/c1-4-6-7-8-9-15-29-16-13-21(20(5-2)19-29)17-26-27(31-26)23-12-14-28-25-11-10-22(30-3)18-24(23)25/h5,10-12,14,18,20-21,26-27H,2,4,6-9,13,15-17,19H2,1,3H3/t20-,21-,26-,27-/m0/s1. The molecule has 0 N–H and O–H groups in total. The zero-order valence-corrected chi connectivity index (χ0v) is 19.3. The van der Waals surface area contributed by atoms with Crippen molar-refractivity contribution < 1.29 is 9.47 Å². The van der Waals surface area contributed by atoms with E-state index >= 15 is 0 Å². The SMILES string of the molecule is C=C[C@H]1CN(CCCCCCC)CC[C@H]1C[C@@H]1O[C@H]1c1ccnc2ccc(OC)cc12. The predicted octanol–water partition coefficient (Wildman–Crippen LogP) is 6.17. The van der Waals surface area contributed by atoms with Crippen LogP contribution < -0.4 is 4.74 Å². The molecule has 3 heterocycles. The summed E-state index contributed by atoms with van der Waals surface area (Å²) in [5.41, 5.74) is 2.25. The average molecular weight is 423 g/mol. The fourth-order valence-electron chi connectivity index (χ4n) is 5.22. The zero-order valence-electron chi connectivity index (χ0n) is 19.3. The van der Waals surface area contributed by atoms with Crippen LogP contribution in [0.25, 0.3) is 10.9 Å². The van der Waals surface area contributed by atoms with Gasteiger partial charge in [0.05, 0.1) is 18.7 Å². The van der Waals surface area contributed by atoms with Crippen LogP contribution in [0.4, 0.5) is 0 Å². The van der Waals surface area contributed by atoms with Crippen LogP contribution in [0.3, 0.4) is 0 Å². The third-order valence-corrected chi connectivity index (χ3v) is 7.18. The van der Waals surface area contributed by atoms with Crippen LogP contribution in [0.1, 0.15) is 63.5 Å². The molecule has 0 radical (unpaired) electrons. The minimum absolute atomic E-state index is 0.180. The van der Waals surface area contributed by atoms with Crippen LogP contribution in [-0.2, 0) is 4.74 Å². The molecule has 0 amide bonds. The first-order chi connectivity index (χ1) is 15.2. The summed E-state index contributed by atoms with van der Waals surface area (Å²) >= 11 is 0. The molecule has 2 aliphatic heterocycles. The van der Waals surface area contributed by atoms with Gasteiger partial charge in [0, 0.05) is 18.1 Å². The fourth-order valence-corrected chi connectivity index (χ4v) is 5.22. The molecule has 2 saturated heterocycles. The van der Waals surface area contributed by atoms with Crippen LogP contribution in [0.15, 0.2) is 43.1 Å². The summed E-state index contributed by atoms with van der Waals surface area (Å²) in [6.45, 7) is 10.1. The normalized spacial score (nSPS) is 26.1. The lowest BCUT2D eigenvalue weighted by atomic mass is 9.81. The number of hydrogen-bond donors (Lipinski definition) is 0. The molecular formula is C27H38N2O2. The van der Waals surface area contributed by atoms with Crippen molar-refractivity contribution in [3.05, 3.63) is 48.7 Å². The number of benzene rings is 1. The summed E-state index contributed by atoms with van der Waals surface area (Å²) in [5, 5.41) is 1.15. The number of piperidine rings is 1. The molecule has 4 heteroatoms. The minimum Gasteiger partial charge on any atom is -0.497 e. The number of likely N-dealkylation sites (tertiary alicyclic amines) is 1. The van der Waals surface area contributed by atoms with Crippen molar-refractivity contribution in [1.29, 1.82) is 0 Å². The Balaban J connectivity index is 1.32. The molecule has 1 aromatic heterocycles. The number of unbranched alkanes of at least 4 members (excludes halogenated alkanes) is 4. The van der Waals surface area contributed by atoms with Gasteiger partial charge in [-0.3, -0.25) is 4.98 Å². The third-order valence-electron chi connectivity index (χ3n) is 7.18. The lowest BCUT2D eigenvalue weighted by molar-refractivity contribution is 0.131. The number of epoxide rings is 1. The summed E-state index contributed by atoms with van der Waals surface area (Å²) in [5.74, 6) is 2.11. The number of methoxy groups -OCH3 is 1. The van der Waals surface area contributed by atoms with Crippen LogP contribution in [-0.4, -0.2) is 42.7 Å². The Bertz CT molecular complexity index is 867. The van der Waals surface area contributed by atoms with Gasteiger partial charge in [0.15, 0.2) is 0 Å². The highest BCUT2D eigenvalue weighted by Gasteiger charge is 2.44. The highest BCUT2D eigenvalue weighted by Crippen LogP contribution is 2.46. The number of fused-ring (bicyclic) bond motifs is 1. The van der Waals surface area contributed by atoms with E-state index in [0.717, 1.165) is 29.6 Å². The van der Waals surface area contributed by atoms with Gasteiger partial charge in [-0.1, -0.05) is 38.7 Å². The average Bonchev–Trinajstić information content (AvgIpc) is 3.57. The van der Waals surface area contributed by atoms with E-state index in [1.807, 2.05) is 18.3 Å². The van der Waals surface area contributed by atoms with E-state index in [2.05, 4.69) is 41.6 Å². The van der Waals surface area contributed by atoms with Gasteiger partial charge in [-0.05, 0) is 74.0 Å². The smallest absolute Gasteiger partial charge is 0.119 e. The first kappa shape index (κ1) is 22.3. The number of nitrogens with zero attached hydrogens (tertiary/aromatic N) is 2. The van der Waals surface area contributed by atoms with Crippen molar-refractivity contribution in [3.8, 4) is 5.75 Å². The molecule has 2 aliphatic rings. The zero-order chi connectivity index (χ0) is 21.6. The molecule has 4 rings (SSSR count). The molecule has 0 saturated carbocycles. The number of ether oxygens (including phenoxy) is 2. The Morgan fingerprint density at radius 3 is 2.90 bits per heavy atom. The molecule has 0 bridgehead atoms. The lowest BCUT2D eigenvalue weighted by Crippen LogP contribution is -2.40. The largest absolute Gasteiger partial charge is 0.497 e. The maximum Gasteiger partial charge on any atom is 0.119 e. The van der Waals surface area contributed by atoms with Crippen LogP contribution in [0.2, 0.25) is 0 Å². The number of rotatable bonds is 11. The molecular weight excluding hydrogens is 384 g/mol. The van der Waals surface area contributed by atoms with E-state index in [1.165, 1.54) is 57.2 Å². The third kappa shape index (κ3) is 5.48. The van der Waals surface area contributed by atoms with Crippen molar-refractivity contribution in [2.45, 2.75) is 64.1 Å². The first-order valence-corrected chi connectivity index (χ1v) is 12.2. The summed E-state index contributed by atoms with van der Waals surface area (Å²) in [4.78, 5) is 7.17. The Morgan fingerprint density at radius 2 is 2.10 bits per heavy atom. The van der Waals surface area contributed by atoms with E-state index in [9.17, 15) is 0 Å². The predicted molar refractivity (Wildman–Crippen MR) is 128 cm³/mol. The molecule has 2 aromatic rings. The first-order valence-electron chi connectivity index (χ1n) is 12.2. The summed E-state index contributed by atoms with van der Waals surface area (Å²) < 4.78 is 11.6. The molecule has 168 valence electrons. The Hall–Kier alpha value is -1.91. The second kappa shape index (κ2) is 10.6.